The van der Waals surface area contributed by atoms with Gasteiger partial charge in [-0.05, 0) is 31.7 Å². The Balaban J connectivity index is 2.01. The van der Waals surface area contributed by atoms with Crippen LogP contribution >= 0.6 is 0 Å². The van der Waals surface area contributed by atoms with Gasteiger partial charge in [0.15, 0.2) is 0 Å². The number of ether oxygens (including phenoxy) is 1. The van der Waals surface area contributed by atoms with Crippen LogP contribution in [0.4, 0.5) is 5.69 Å². The molecule has 1 aliphatic rings. The molecule has 1 aromatic rings. The number of carbonyl (C=O) groups is 1. The van der Waals surface area contributed by atoms with Crippen molar-refractivity contribution in [3.8, 4) is 0 Å². The summed E-state index contributed by atoms with van der Waals surface area (Å²) in [6.07, 6.45) is 3.25. The maximum absolute atomic E-state index is 12.1. The first-order valence-corrected chi connectivity index (χ1v) is 6.96. The minimum Gasteiger partial charge on any atom is -0.381 e. The van der Waals surface area contributed by atoms with Crippen molar-refractivity contribution in [1.82, 2.24) is 4.57 Å². The molecule has 1 aliphatic heterocycles. The molecule has 1 unspecified atom stereocenters. The van der Waals surface area contributed by atoms with Crippen molar-refractivity contribution >= 4 is 11.6 Å². The van der Waals surface area contributed by atoms with Gasteiger partial charge < -0.3 is 20.4 Å². The van der Waals surface area contributed by atoms with Crippen LogP contribution in [0.15, 0.2) is 23.1 Å². The number of nitrogens with two attached hydrogens (primary N) is 1. The maximum atomic E-state index is 12.1. The van der Waals surface area contributed by atoms with Gasteiger partial charge in [0.25, 0.3) is 5.56 Å². The molecule has 1 fully saturated rings. The van der Waals surface area contributed by atoms with Gasteiger partial charge in [0.1, 0.15) is 0 Å². The summed E-state index contributed by atoms with van der Waals surface area (Å²) in [5, 5.41) is 2.78. The smallest absolute Gasteiger partial charge is 0.250 e. The molecule has 6 nitrogen and oxygen atoms in total. The first kappa shape index (κ1) is 14.7. The van der Waals surface area contributed by atoms with E-state index >= 15 is 0 Å². The maximum Gasteiger partial charge on any atom is 0.250 e. The third-order valence-electron chi connectivity index (χ3n) is 3.67. The number of aromatic nitrogens is 1. The number of hydrogen-bond acceptors (Lipinski definition) is 4. The molecule has 0 spiro atoms. The fourth-order valence-corrected chi connectivity index (χ4v) is 2.37. The van der Waals surface area contributed by atoms with E-state index in [0.29, 0.717) is 25.4 Å². The Hall–Kier alpha value is -1.66. The van der Waals surface area contributed by atoms with Crippen LogP contribution in [0, 0.1) is 5.92 Å². The van der Waals surface area contributed by atoms with E-state index in [1.165, 1.54) is 10.6 Å². The van der Waals surface area contributed by atoms with Crippen molar-refractivity contribution in [3.05, 3.63) is 28.7 Å². The van der Waals surface area contributed by atoms with Crippen molar-refractivity contribution in [1.29, 1.82) is 0 Å². The first-order chi connectivity index (χ1) is 9.61. The standard InChI is InChI=1S/C14H21N3O3/c1-2-17-9-11(3-4-12(17)18)16-14(19)13(15)10-5-7-20-8-6-10/h3-4,9-10,13H,2,5-8,15H2,1H3,(H,16,19). The molecular formula is C14H21N3O3. The lowest BCUT2D eigenvalue weighted by Gasteiger charge is -2.26. The van der Waals surface area contributed by atoms with E-state index < -0.39 is 6.04 Å². The average Bonchev–Trinajstić information content (AvgIpc) is 2.49. The predicted octanol–water partition coefficient (Wildman–Crippen LogP) is 0.561. The minimum atomic E-state index is -0.541. The number of hydrogen-bond donors (Lipinski definition) is 2. The molecule has 1 amide bonds. The molecular weight excluding hydrogens is 258 g/mol. The molecule has 1 saturated heterocycles. The van der Waals surface area contributed by atoms with Crippen molar-refractivity contribution in [2.75, 3.05) is 18.5 Å². The summed E-state index contributed by atoms with van der Waals surface area (Å²) in [5.74, 6) is -0.0565. The van der Waals surface area contributed by atoms with E-state index in [4.69, 9.17) is 10.5 Å². The molecule has 0 saturated carbocycles. The van der Waals surface area contributed by atoms with Crippen LogP contribution in [0.1, 0.15) is 19.8 Å². The predicted molar refractivity (Wildman–Crippen MR) is 76.5 cm³/mol. The van der Waals surface area contributed by atoms with E-state index in [2.05, 4.69) is 5.32 Å². The van der Waals surface area contributed by atoms with Crippen LogP contribution in [0.2, 0.25) is 0 Å². The largest absolute Gasteiger partial charge is 0.381 e. The number of anilines is 1. The van der Waals surface area contributed by atoms with Gasteiger partial charge in [-0.15, -0.1) is 0 Å². The van der Waals surface area contributed by atoms with Crippen LogP contribution in [0.3, 0.4) is 0 Å². The average molecular weight is 279 g/mol. The van der Waals surface area contributed by atoms with Gasteiger partial charge in [-0.2, -0.15) is 0 Å². The van der Waals surface area contributed by atoms with E-state index in [1.54, 1.807) is 12.3 Å². The lowest BCUT2D eigenvalue weighted by Crippen LogP contribution is -2.44. The molecule has 0 aliphatic carbocycles. The highest BCUT2D eigenvalue weighted by molar-refractivity contribution is 5.94. The van der Waals surface area contributed by atoms with Gasteiger partial charge in [0, 0.05) is 32.0 Å². The van der Waals surface area contributed by atoms with Crippen molar-refractivity contribution in [2.24, 2.45) is 11.7 Å². The molecule has 3 N–H and O–H groups in total. The van der Waals surface area contributed by atoms with Crippen molar-refractivity contribution < 1.29 is 9.53 Å². The summed E-state index contributed by atoms with van der Waals surface area (Å²) in [4.78, 5) is 23.6. The van der Waals surface area contributed by atoms with Crippen molar-refractivity contribution in [2.45, 2.75) is 32.4 Å². The molecule has 1 aromatic heterocycles. The molecule has 0 aromatic carbocycles. The lowest BCUT2D eigenvalue weighted by molar-refractivity contribution is -0.119. The number of pyridine rings is 1. The Kier molecular flexibility index (Phi) is 4.92. The molecule has 2 heterocycles. The van der Waals surface area contributed by atoms with Gasteiger partial charge in [0.2, 0.25) is 5.91 Å². The Morgan fingerprint density at radius 1 is 1.50 bits per heavy atom. The molecule has 2 rings (SSSR count). The topological polar surface area (TPSA) is 86.3 Å². The molecule has 0 bridgehead atoms. The number of rotatable bonds is 4. The first-order valence-electron chi connectivity index (χ1n) is 6.96. The summed E-state index contributed by atoms with van der Waals surface area (Å²) in [6, 6.07) is 2.50. The number of amides is 1. The van der Waals surface area contributed by atoms with Gasteiger partial charge >= 0.3 is 0 Å². The monoisotopic (exact) mass is 279 g/mol. The third-order valence-corrected chi connectivity index (χ3v) is 3.67. The Morgan fingerprint density at radius 2 is 2.20 bits per heavy atom. The molecule has 6 heteroatoms. The molecule has 0 radical (unpaired) electrons. The van der Waals surface area contributed by atoms with Gasteiger partial charge in [-0.1, -0.05) is 0 Å². The fraction of sp³-hybridized carbons (Fsp3) is 0.571. The highest BCUT2D eigenvalue weighted by Gasteiger charge is 2.26. The quantitative estimate of drug-likeness (QED) is 0.843. The second-order valence-corrected chi connectivity index (χ2v) is 5.01. The zero-order chi connectivity index (χ0) is 14.5. The number of nitrogens with zero attached hydrogens (tertiary/aromatic N) is 1. The molecule has 110 valence electrons. The zero-order valence-corrected chi connectivity index (χ0v) is 11.7. The van der Waals surface area contributed by atoms with E-state index in [9.17, 15) is 9.59 Å². The van der Waals surface area contributed by atoms with Crippen molar-refractivity contribution in [3.63, 3.8) is 0 Å². The number of aryl methyl sites for hydroxylation is 1. The Bertz CT molecular complexity index is 521. The second kappa shape index (κ2) is 6.67. The zero-order valence-electron chi connectivity index (χ0n) is 11.7. The minimum absolute atomic E-state index is 0.0840. The van der Waals surface area contributed by atoms with E-state index in [-0.39, 0.29) is 17.4 Å². The van der Waals surface area contributed by atoms with Crippen LogP contribution in [-0.4, -0.2) is 29.7 Å². The summed E-state index contributed by atoms with van der Waals surface area (Å²) < 4.78 is 6.80. The van der Waals surface area contributed by atoms with E-state index in [0.717, 1.165) is 12.8 Å². The van der Waals surface area contributed by atoms with Gasteiger partial charge in [0.05, 0.1) is 11.7 Å². The molecule has 1 atom stereocenters. The Labute approximate surface area is 117 Å². The SMILES string of the molecule is CCn1cc(NC(=O)C(N)C2CCOCC2)ccc1=O. The fourth-order valence-electron chi connectivity index (χ4n) is 2.37. The molecule has 20 heavy (non-hydrogen) atoms. The number of nitrogens with one attached hydrogen (secondary N) is 1. The Morgan fingerprint density at radius 3 is 2.85 bits per heavy atom. The van der Waals surface area contributed by atoms with Crippen LogP contribution in [0.5, 0.6) is 0 Å². The highest BCUT2D eigenvalue weighted by Crippen LogP contribution is 2.18. The summed E-state index contributed by atoms with van der Waals surface area (Å²) in [7, 11) is 0. The van der Waals surface area contributed by atoms with E-state index in [1.807, 2.05) is 6.92 Å². The third kappa shape index (κ3) is 3.46. The van der Waals surface area contributed by atoms with Gasteiger partial charge in [-0.3, -0.25) is 9.59 Å². The highest BCUT2D eigenvalue weighted by atomic mass is 16.5. The van der Waals surface area contributed by atoms with Gasteiger partial charge in [-0.25, -0.2) is 0 Å². The summed E-state index contributed by atoms with van der Waals surface area (Å²) in [5.41, 5.74) is 6.52. The van der Waals surface area contributed by atoms with Crippen LogP contribution in [-0.2, 0) is 16.1 Å². The van der Waals surface area contributed by atoms with Crippen LogP contribution < -0.4 is 16.6 Å². The summed E-state index contributed by atoms with van der Waals surface area (Å²) >= 11 is 0. The second-order valence-electron chi connectivity index (χ2n) is 5.01. The number of carbonyl (C=O) groups excluding carboxylic acids is 1. The lowest BCUT2D eigenvalue weighted by atomic mass is 9.92. The normalized spacial score (nSPS) is 17.7. The van der Waals surface area contributed by atoms with Crippen LogP contribution in [0.25, 0.3) is 0 Å². The summed E-state index contributed by atoms with van der Waals surface area (Å²) in [6.45, 7) is 3.76.